The first kappa shape index (κ1) is 17.9. The number of carbonyl (C=O) groups is 1. The SMILES string of the molecule is COc1cc(Cl)c(C)cc1NC(=O)c1ccc(-c2nnc3ncccn23)cc1. The lowest BCUT2D eigenvalue weighted by molar-refractivity contribution is 0.102. The van der Waals surface area contributed by atoms with Crippen LogP contribution in [-0.2, 0) is 0 Å². The predicted molar refractivity (Wildman–Crippen MR) is 107 cm³/mol. The lowest BCUT2D eigenvalue weighted by atomic mass is 10.1. The van der Waals surface area contributed by atoms with Gasteiger partial charge in [0.2, 0.25) is 0 Å². The normalized spacial score (nSPS) is 10.8. The van der Waals surface area contributed by atoms with Crippen LogP contribution in [0.3, 0.4) is 0 Å². The van der Waals surface area contributed by atoms with E-state index in [0.717, 1.165) is 11.1 Å². The van der Waals surface area contributed by atoms with Gasteiger partial charge in [0.05, 0.1) is 12.8 Å². The van der Waals surface area contributed by atoms with Crippen LogP contribution in [0.1, 0.15) is 15.9 Å². The van der Waals surface area contributed by atoms with Crippen LogP contribution in [0, 0.1) is 6.92 Å². The molecule has 1 amide bonds. The molecule has 1 N–H and O–H groups in total. The number of rotatable bonds is 4. The Morgan fingerprint density at radius 3 is 2.71 bits per heavy atom. The minimum absolute atomic E-state index is 0.251. The van der Waals surface area contributed by atoms with Crippen molar-refractivity contribution in [2.24, 2.45) is 0 Å². The molecule has 0 unspecified atom stereocenters. The van der Waals surface area contributed by atoms with Crippen molar-refractivity contribution in [1.29, 1.82) is 0 Å². The minimum Gasteiger partial charge on any atom is -0.495 e. The van der Waals surface area contributed by atoms with Crippen LogP contribution in [0.25, 0.3) is 17.2 Å². The molecule has 0 aliphatic carbocycles. The Bertz CT molecular complexity index is 1170. The van der Waals surface area contributed by atoms with Gasteiger partial charge in [-0.25, -0.2) is 4.98 Å². The number of aryl methyl sites for hydroxylation is 1. The number of ether oxygens (including phenoxy) is 1. The molecule has 8 heteroatoms. The van der Waals surface area contributed by atoms with Crippen LogP contribution in [0.15, 0.2) is 54.9 Å². The zero-order valence-electron chi connectivity index (χ0n) is 15.2. The molecular weight excluding hydrogens is 378 g/mol. The third-order valence-electron chi connectivity index (χ3n) is 4.32. The summed E-state index contributed by atoms with van der Waals surface area (Å²) in [4.78, 5) is 16.8. The van der Waals surface area contributed by atoms with Gasteiger partial charge in [0.15, 0.2) is 5.82 Å². The lowest BCUT2D eigenvalue weighted by Crippen LogP contribution is -2.12. The second-order valence-corrected chi connectivity index (χ2v) is 6.55. The molecular formula is C20H16ClN5O2. The van der Waals surface area contributed by atoms with Gasteiger partial charge in [-0.05, 0) is 36.8 Å². The number of nitrogens with zero attached hydrogens (tertiary/aromatic N) is 4. The van der Waals surface area contributed by atoms with E-state index >= 15 is 0 Å². The number of benzene rings is 2. The van der Waals surface area contributed by atoms with E-state index in [9.17, 15) is 4.79 Å². The number of nitrogens with one attached hydrogen (secondary N) is 1. The summed E-state index contributed by atoms with van der Waals surface area (Å²) in [6.07, 6.45) is 3.50. The molecule has 0 radical (unpaired) electrons. The first-order valence-electron chi connectivity index (χ1n) is 8.48. The number of carbonyl (C=O) groups excluding carboxylic acids is 1. The Labute approximate surface area is 166 Å². The van der Waals surface area contributed by atoms with Crippen molar-refractivity contribution in [2.75, 3.05) is 12.4 Å². The number of methoxy groups -OCH3 is 1. The first-order chi connectivity index (χ1) is 13.6. The van der Waals surface area contributed by atoms with Crippen molar-refractivity contribution in [3.05, 3.63) is 71.0 Å². The standard InChI is InChI=1S/C20H16ClN5O2/c1-12-10-16(17(28-2)11-15(12)21)23-19(27)14-6-4-13(5-7-14)18-24-25-20-22-8-3-9-26(18)20/h3-11H,1-2H3,(H,23,27). The highest BCUT2D eigenvalue weighted by Crippen LogP contribution is 2.31. The van der Waals surface area contributed by atoms with Gasteiger partial charge in [0.1, 0.15) is 5.75 Å². The third-order valence-corrected chi connectivity index (χ3v) is 4.73. The van der Waals surface area contributed by atoms with Crippen LogP contribution >= 0.6 is 11.6 Å². The van der Waals surface area contributed by atoms with Gasteiger partial charge in [-0.15, -0.1) is 10.2 Å². The Balaban J connectivity index is 1.59. The molecule has 28 heavy (non-hydrogen) atoms. The van der Waals surface area contributed by atoms with Crippen molar-refractivity contribution in [3.63, 3.8) is 0 Å². The fourth-order valence-electron chi connectivity index (χ4n) is 2.83. The maximum Gasteiger partial charge on any atom is 0.255 e. The van der Waals surface area contributed by atoms with Gasteiger partial charge in [-0.2, -0.15) is 0 Å². The minimum atomic E-state index is -0.251. The Kier molecular flexibility index (Phi) is 4.67. The van der Waals surface area contributed by atoms with Crippen molar-refractivity contribution in [1.82, 2.24) is 19.6 Å². The number of amides is 1. The summed E-state index contributed by atoms with van der Waals surface area (Å²) in [7, 11) is 1.53. The van der Waals surface area contributed by atoms with Gasteiger partial charge < -0.3 is 10.1 Å². The topological polar surface area (TPSA) is 81.4 Å². The van der Waals surface area contributed by atoms with Crippen LogP contribution in [0.2, 0.25) is 5.02 Å². The molecule has 0 saturated heterocycles. The molecule has 0 aliphatic heterocycles. The molecule has 7 nitrogen and oxygen atoms in total. The van der Waals surface area contributed by atoms with E-state index < -0.39 is 0 Å². The van der Waals surface area contributed by atoms with Crippen LogP contribution in [-0.4, -0.2) is 32.6 Å². The van der Waals surface area contributed by atoms with Crippen molar-refractivity contribution >= 4 is 29.0 Å². The number of hydrogen-bond acceptors (Lipinski definition) is 5. The number of hydrogen-bond donors (Lipinski definition) is 1. The molecule has 2 aromatic heterocycles. The highest BCUT2D eigenvalue weighted by molar-refractivity contribution is 6.31. The summed E-state index contributed by atoms with van der Waals surface area (Å²) >= 11 is 6.12. The summed E-state index contributed by atoms with van der Waals surface area (Å²) in [6.45, 7) is 1.87. The quantitative estimate of drug-likeness (QED) is 0.566. The first-order valence-corrected chi connectivity index (χ1v) is 8.86. The molecule has 4 rings (SSSR count). The summed E-state index contributed by atoms with van der Waals surface area (Å²) < 4.78 is 7.09. The number of anilines is 1. The van der Waals surface area contributed by atoms with Crippen LogP contribution in [0.4, 0.5) is 5.69 Å². The molecule has 0 spiro atoms. The van der Waals surface area contributed by atoms with E-state index in [1.54, 1.807) is 34.9 Å². The Morgan fingerprint density at radius 2 is 1.96 bits per heavy atom. The number of fused-ring (bicyclic) bond motifs is 1. The molecule has 0 bridgehead atoms. The highest BCUT2D eigenvalue weighted by Gasteiger charge is 2.13. The molecule has 2 heterocycles. The zero-order chi connectivity index (χ0) is 19.7. The van der Waals surface area contributed by atoms with Crippen molar-refractivity contribution in [2.45, 2.75) is 6.92 Å². The van der Waals surface area contributed by atoms with Crippen molar-refractivity contribution < 1.29 is 9.53 Å². The third kappa shape index (κ3) is 3.27. The molecule has 4 aromatic rings. The monoisotopic (exact) mass is 393 g/mol. The Morgan fingerprint density at radius 1 is 1.18 bits per heavy atom. The smallest absolute Gasteiger partial charge is 0.255 e. The van der Waals surface area contributed by atoms with Gasteiger partial charge in [-0.1, -0.05) is 23.7 Å². The van der Waals surface area contributed by atoms with E-state index in [1.165, 1.54) is 7.11 Å². The second-order valence-electron chi connectivity index (χ2n) is 6.15. The fourth-order valence-corrected chi connectivity index (χ4v) is 2.99. The average Bonchev–Trinajstić information content (AvgIpc) is 3.15. The highest BCUT2D eigenvalue weighted by atomic mass is 35.5. The van der Waals surface area contributed by atoms with E-state index in [2.05, 4.69) is 20.5 Å². The van der Waals surface area contributed by atoms with Crippen LogP contribution in [0.5, 0.6) is 5.75 Å². The average molecular weight is 394 g/mol. The van der Waals surface area contributed by atoms with Crippen LogP contribution < -0.4 is 10.1 Å². The molecule has 2 aromatic carbocycles. The zero-order valence-corrected chi connectivity index (χ0v) is 15.9. The van der Waals surface area contributed by atoms with Gasteiger partial charge >= 0.3 is 0 Å². The predicted octanol–water partition coefficient (Wildman–Crippen LogP) is 4.01. The van der Waals surface area contributed by atoms with Crippen molar-refractivity contribution in [3.8, 4) is 17.1 Å². The molecule has 0 fully saturated rings. The molecule has 140 valence electrons. The molecule has 0 saturated carbocycles. The second kappa shape index (κ2) is 7.28. The summed E-state index contributed by atoms with van der Waals surface area (Å²) in [5, 5.41) is 11.7. The van der Waals surface area contributed by atoms with E-state index in [4.69, 9.17) is 16.3 Å². The summed E-state index contributed by atoms with van der Waals surface area (Å²) in [5.41, 5.74) is 2.75. The fraction of sp³-hybridized carbons (Fsp3) is 0.100. The van der Waals surface area contributed by atoms with Gasteiger partial charge in [0.25, 0.3) is 11.7 Å². The van der Waals surface area contributed by atoms with Gasteiger partial charge in [0, 0.05) is 34.6 Å². The van der Waals surface area contributed by atoms with Gasteiger partial charge in [-0.3, -0.25) is 9.20 Å². The van der Waals surface area contributed by atoms with E-state index in [1.807, 2.05) is 31.3 Å². The molecule has 0 atom stereocenters. The largest absolute Gasteiger partial charge is 0.495 e. The Hall–Kier alpha value is -3.45. The molecule has 0 aliphatic rings. The number of aromatic nitrogens is 4. The van der Waals surface area contributed by atoms with E-state index in [0.29, 0.717) is 33.6 Å². The lowest BCUT2D eigenvalue weighted by Gasteiger charge is -2.12. The van der Waals surface area contributed by atoms with E-state index in [-0.39, 0.29) is 5.91 Å². The summed E-state index contributed by atoms with van der Waals surface area (Å²) in [5.74, 6) is 1.43. The maximum atomic E-state index is 12.6. The maximum absolute atomic E-state index is 12.6. The summed E-state index contributed by atoms with van der Waals surface area (Å²) in [6, 6.07) is 12.4. The number of halogens is 1.